The van der Waals surface area contributed by atoms with Crippen molar-refractivity contribution >= 4 is 21.6 Å². The molecular weight excluding hydrogens is 454 g/mol. The zero-order valence-corrected chi connectivity index (χ0v) is 21.3. The molecule has 0 aromatic heterocycles. The van der Waals surface area contributed by atoms with Crippen molar-refractivity contribution in [1.29, 1.82) is 0 Å². The van der Waals surface area contributed by atoms with E-state index in [1.54, 1.807) is 18.2 Å². The van der Waals surface area contributed by atoms with E-state index in [0.29, 0.717) is 69.8 Å². The number of anilines is 1. The molecule has 1 unspecified atom stereocenters. The van der Waals surface area contributed by atoms with Gasteiger partial charge in [0.25, 0.3) is 5.91 Å². The smallest absolute Gasteiger partial charge is 0.251 e. The molecule has 9 heteroatoms. The van der Waals surface area contributed by atoms with Crippen LogP contribution in [0.4, 0.5) is 5.69 Å². The van der Waals surface area contributed by atoms with Crippen molar-refractivity contribution in [3.63, 3.8) is 0 Å². The molecule has 2 bridgehead atoms. The molecule has 188 valence electrons. The van der Waals surface area contributed by atoms with Gasteiger partial charge in [0.1, 0.15) is 4.90 Å². The summed E-state index contributed by atoms with van der Waals surface area (Å²) in [6.45, 7) is 10.5. The van der Waals surface area contributed by atoms with E-state index in [9.17, 15) is 13.2 Å². The van der Waals surface area contributed by atoms with Crippen molar-refractivity contribution in [1.82, 2.24) is 9.62 Å². The van der Waals surface area contributed by atoms with E-state index < -0.39 is 10.0 Å². The van der Waals surface area contributed by atoms with Gasteiger partial charge < -0.3 is 19.7 Å². The van der Waals surface area contributed by atoms with Crippen molar-refractivity contribution in [3.05, 3.63) is 23.8 Å². The molecule has 0 spiro atoms. The normalized spacial score (nSPS) is 31.6. The molecule has 2 aliphatic carbocycles. The molecule has 8 nitrogen and oxygen atoms in total. The Balaban J connectivity index is 1.47. The average molecular weight is 492 g/mol. The van der Waals surface area contributed by atoms with Gasteiger partial charge in [-0.3, -0.25) is 4.79 Å². The Bertz CT molecular complexity index is 1040. The van der Waals surface area contributed by atoms with E-state index in [4.69, 9.17) is 9.47 Å². The molecule has 1 aromatic rings. The third-order valence-corrected chi connectivity index (χ3v) is 10.6. The quantitative estimate of drug-likeness (QED) is 0.681. The fourth-order valence-electron chi connectivity index (χ4n) is 6.73. The number of carbonyl (C=O) groups excluding carboxylic acids is 1. The molecule has 4 fully saturated rings. The summed E-state index contributed by atoms with van der Waals surface area (Å²) in [6, 6.07) is 5.21. The van der Waals surface area contributed by atoms with Crippen LogP contribution in [0.5, 0.6) is 0 Å². The van der Waals surface area contributed by atoms with Crippen LogP contribution in [-0.4, -0.2) is 77.3 Å². The number of hydrogen-bond donors (Lipinski definition) is 1. The van der Waals surface area contributed by atoms with Gasteiger partial charge in [-0.2, -0.15) is 4.31 Å². The van der Waals surface area contributed by atoms with Crippen LogP contribution < -0.4 is 10.2 Å². The molecule has 1 amide bonds. The molecule has 2 saturated carbocycles. The number of rotatable bonds is 5. The number of benzene rings is 1. The lowest BCUT2D eigenvalue weighted by Crippen LogP contribution is -2.52. The molecule has 0 radical (unpaired) electrons. The maximum atomic E-state index is 13.7. The van der Waals surface area contributed by atoms with Crippen LogP contribution in [0.2, 0.25) is 0 Å². The molecule has 2 heterocycles. The second-order valence-corrected chi connectivity index (χ2v) is 13.0. The molecule has 2 saturated heterocycles. The minimum Gasteiger partial charge on any atom is -0.379 e. The van der Waals surface area contributed by atoms with E-state index in [0.717, 1.165) is 12.8 Å². The van der Waals surface area contributed by atoms with Crippen LogP contribution in [0.1, 0.15) is 50.4 Å². The predicted octanol–water partition coefficient (Wildman–Crippen LogP) is 2.49. The van der Waals surface area contributed by atoms with Crippen LogP contribution in [-0.2, 0) is 19.5 Å². The third kappa shape index (κ3) is 4.04. The summed E-state index contributed by atoms with van der Waals surface area (Å²) >= 11 is 0. The molecule has 5 rings (SSSR count). The number of amides is 1. The first-order valence-electron chi connectivity index (χ1n) is 12.5. The number of nitrogens with zero attached hydrogens (tertiary/aromatic N) is 2. The second kappa shape index (κ2) is 8.76. The molecule has 34 heavy (non-hydrogen) atoms. The zero-order chi connectivity index (χ0) is 24.1. The van der Waals surface area contributed by atoms with E-state index in [-0.39, 0.29) is 27.7 Å². The van der Waals surface area contributed by atoms with Gasteiger partial charge in [0.15, 0.2) is 0 Å². The Morgan fingerprint density at radius 3 is 2.29 bits per heavy atom. The van der Waals surface area contributed by atoms with Gasteiger partial charge in [-0.15, -0.1) is 0 Å². The van der Waals surface area contributed by atoms with Crippen LogP contribution in [0.15, 0.2) is 23.1 Å². The SMILES string of the molecule is CC1(C)C(NC(=O)c2ccc(N3CCOCC3)c(S(=O)(=O)N3CCOCC3)c2)[C@]2(C)CC[C@@H]1C2. The highest BCUT2D eigenvalue weighted by Gasteiger charge is 2.59. The first-order valence-corrected chi connectivity index (χ1v) is 13.9. The lowest BCUT2D eigenvalue weighted by Gasteiger charge is -2.43. The van der Waals surface area contributed by atoms with Gasteiger partial charge >= 0.3 is 0 Å². The van der Waals surface area contributed by atoms with Crippen molar-refractivity contribution < 1.29 is 22.7 Å². The topological polar surface area (TPSA) is 88.2 Å². The number of ether oxygens (including phenoxy) is 2. The summed E-state index contributed by atoms with van der Waals surface area (Å²) in [7, 11) is -3.78. The fraction of sp³-hybridized carbons (Fsp3) is 0.720. The molecule has 1 aromatic carbocycles. The number of morpholine rings is 2. The molecule has 3 atom stereocenters. The lowest BCUT2D eigenvalue weighted by molar-refractivity contribution is 0.0728. The van der Waals surface area contributed by atoms with Crippen molar-refractivity contribution in [2.75, 3.05) is 57.5 Å². The highest BCUT2D eigenvalue weighted by atomic mass is 32.2. The monoisotopic (exact) mass is 491 g/mol. The van der Waals surface area contributed by atoms with Gasteiger partial charge in [-0.1, -0.05) is 20.8 Å². The summed E-state index contributed by atoms with van der Waals surface area (Å²) in [5.41, 5.74) is 1.16. The highest BCUT2D eigenvalue weighted by Crippen LogP contribution is 2.62. The minimum atomic E-state index is -3.78. The first kappa shape index (κ1) is 24.0. The number of nitrogens with one attached hydrogen (secondary N) is 1. The largest absolute Gasteiger partial charge is 0.379 e. The van der Waals surface area contributed by atoms with Gasteiger partial charge in [0.2, 0.25) is 10.0 Å². The molecule has 4 aliphatic rings. The second-order valence-electron chi connectivity index (χ2n) is 11.1. The maximum Gasteiger partial charge on any atom is 0.251 e. The minimum absolute atomic E-state index is 0.0269. The van der Waals surface area contributed by atoms with Crippen molar-refractivity contribution in [2.24, 2.45) is 16.7 Å². The Kier molecular flexibility index (Phi) is 6.19. The van der Waals surface area contributed by atoms with E-state index in [2.05, 4.69) is 26.1 Å². The highest BCUT2D eigenvalue weighted by molar-refractivity contribution is 7.89. The average Bonchev–Trinajstić information content (AvgIpc) is 3.33. The van der Waals surface area contributed by atoms with Crippen LogP contribution in [0, 0.1) is 16.7 Å². The number of carbonyl (C=O) groups is 1. The Morgan fingerprint density at radius 1 is 1.03 bits per heavy atom. The van der Waals surface area contributed by atoms with Crippen LogP contribution >= 0.6 is 0 Å². The number of sulfonamides is 1. The fourth-order valence-corrected chi connectivity index (χ4v) is 8.38. The molecule has 1 N–H and O–H groups in total. The Labute approximate surface area is 203 Å². The van der Waals surface area contributed by atoms with Crippen molar-refractivity contribution in [3.8, 4) is 0 Å². The van der Waals surface area contributed by atoms with E-state index in [1.165, 1.54) is 10.7 Å². The van der Waals surface area contributed by atoms with Crippen LogP contribution in [0.3, 0.4) is 0 Å². The lowest BCUT2D eigenvalue weighted by atomic mass is 9.68. The maximum absolute atomic E-state index is 13.7. The Morgan fingerprint density at radius 2 is 1.68 bits per heavy atom. The summed E-state index contributed by atoms with van der Waals surface area (Å²) in [6.07, 6.45) is 3.47. The van der Waals surface area contributed by atoms with Gasteiger partial charge in [-0.05, 0) is 54.2 Å². The summed E-state index contributed by atoms with van der Waals surface area (Å²) in [5.74, 6) is 0.419. The summed E-state index contributed by atoms with van der Waals surface area (Å²) in [5, 5.41) is 3.31. The standard InChI is InChI=1S/C25H37N3O5S/c1-24(2)19-6-7-25(3,17-19)23(24)26-22(29)18-4-5-20(27-8-12-32-13-9-27)21(16-18)34(30,31)28-10-14-33-15-11-28/h4-5,16,19,23H,6-15,17H2,1-3H3,(H,26,29)/t19-,23?,25-/m1/s1. The van der Waals surface area contributed by atoms with Crippen molar-refractivity contribution in [2.45, 2.75) is 51.0 Å². The zero-order valence-electron chi connectivity index (χ0n) is 20.5. The molecule has 2 aliphatic heterocycles. The van der Waals surface area contributed by atoms with Gasteiger partial charge in [0.05, 0.1) is 32.1 Å². The summed E-state index contributed by atoms with van der Waals surface area (Å²) < 4.78 is 39.7. The predicted molar refractivity (Wildman–Crippen MR) is 130 cm³/mol. The molecular formula is C25H37N3O5S. The Hall–Kier alpha value is -1.68. The first-order chi connectivity index (χ1) is 16.1. The number of hydrogen-bond acceptors (Lipinski definition) is 6. The van der Waals surface area contributed by atoms with Gasteiger partial charge in [-0.25, -0.2) is 8.42 Å². The summed E-state index contributed by atoms with van der Waals surface area (Å²) in [4.78, 5) is 15.7. The third-order valence-electron chi connectivity index (χ3n) is 8.71. The number of fused-ring (bicyclic) bond motifs is 2. The van der Waals surface area contributed by atoms with E-state index >= 15 is 0 Å². The van der Waals surface area contributed by atoms with E-state index in [1.807, 2.05) is 4.90 Å². The van der Waals surface area contributed by atoms with Gasteiger partial charge in [0, 0.05) is 37.8 Å². The van der Waals surface area contributed by atoms with Crippen LogP contribution in [0.25, 0.3) is 0 Å².